The van der Waals surface area contributed by atoms with Gasteiger partial charge in [-0.15, -0.1) is 0 Å². The first kappa shape index (κ1) is 12.0. The Morgan fingerprint density at radius 2 is 2.17 bits per heavy atom. The molecule has 18 heavy (non-hydrogen) atoms. The molecule has 2 aromatic rings. The Hall–Kier alpha value is -2.50. The highest BCUT2D eigenvalue weighted by Crippen LogP contribution is 2.16. The molecule has 6 heteroatoms. The van der Waals surface area contributed by atoms with Crippen LogP contribution >= 0.6 is 0 Å². The van der Waals surface area contributed by atoms with Crippen LogP contribution in [0.4, 0.5) is 4.79 Å². The Labute approximate surface area is 103 Å². The lowest BCUT2D eigenvalue weighted by molar-refractivity contribution is 0.0938. The second-order valence-corrected chi connectivity index (χ2v) is 3.67. The lowest BCUT2D eigenvalue weighted by Crippen LogP contribution is -2.29. The Bertz CT molecular complexity index is 577. The van der Waals surface area contributed by atoms with Gasteiger partial charge in [-0.1, -0.05) is 12.1 Å². The first-order chi connectivity index (χ1) is 8.68. The molecule has 0 saturated heterocycles. The van der Waals surface area contributed by atoms with E-state index in [1.165, 1.54) is 0 Å². The molecule has 6 nitrogen and oxygen atoms in total. The number of hydrogen-bond donors (Lipinski definition) is 3. The second-order valence-electron chi connectivity index (χ2n) is 3.67. The van der Waals surface area contributed by atoms with E-state index in [2.05, 4.69) is 15.0 Å². The average Bonchev–Trinajstić information content (AvgIpc) is 2.82. The first-order valence-corrected chi connectivity index (χ1v) is 5.45. The van der Waals surface area contributed by atoms with E-state index in [4.69, 9.17) is 5.73 Å². The van der Waals surface area contributed by atoms with Gasteiger partial charge in [0.15, 0.2) is 0 Å². The third kappa shape index (κ3) is 2.60. The summed E-state index contributed by atoms with van der Waals surface area (Å²) < 4.78 is 4.52. The number of aromatic nitrogens is 1. The van der Waals surface area contributed by atoms with Crippen LogP contribution in [0.1, 0.15) is 10.4 Å². The van der Waals surface area contributed by atoms with Crippen LogP contribution < -0.4 is 11.1 Å². The van der Waals surface area contributed by atoms with E-state index in [-0.39, 0.29) is 19.1 Å². The lowest BCUT2D eigenvalue weighted by atomic mass is 10.1. The topological polar surface area (TPSA) is 97.2 Å². The van der Waals surface area contributed by atoms with Crippen LogP contribution in [0.15, 0.2) is 30.5 Å². The zero-order valence-corrected chi connectivity index (χ0v) is 9.60. The highest BCUT2D eigenvalue weighted by molar-refractivity contribution is 6.05. The predicted octanol–water partition coefficient (Wildman–Crippen LogP) is 0.993. The summed E-state index contributed by atoms with van der Waals surface area (Å²) in [6.45, 7) is 0.278. The van der Waals surface area contributed by atoms with Crippen molar-refractivity contribution in [2.24, 2.45) is 5.73 Å². The number of para-hydroxylation sites is 1. The molecule has 0 aliphatic rings. The zero-order chi connectivity index (χ0) is 13.0. The summed E-state index contributed by atoms with van der Waals surface area (Å²) in [5, 5.41) is 3.61. The number of benzene rings is 1. The smallest absolute Gasteiger partial charge is 0.404 e. The molecule has 0 fully saturated rings. The Balaban J connectivity index is 2.00. The van der Waals surface area contributed by atoms with Crippen molar-refractivity contribution in [3.63, 3.8) is 0 Å². The molecule has 94 valence electrons. The fraction of sp³-hybridized carbons (Fsp3) is 0.167. The predicted molar refractivity (Wildman–Crippen MR) is 66.2 cm³/mol. The molecule has 1 aromatic heterocycles. The molecular formula is C12H13N3O3. The number of amides is 2. The summed E-state index contributed by atoms with van der Waals surface area (Å²) >= 11 is 0. The normalized spacial score (nSPS) is 10.2. The van der Waals surface area contributed by atoms with E-state index in [1.54, 1.807) is 12.3 Å². The van der Waals surface area contributed by atoms with Gasteiger partial charge in [0.1, 0.15) is 6.61 Å². The maximum atomic E-state index is 11.9. The fourth-order valence-corrected chi connectivity index (χ4v) is 1.69. The van der Waals surface area contributed by atoms with Crippen LogP contribution in [0.5, 0.6) is 0 Å². The molecule has 0 radical (unpaired) electrons. The number of primary amides is 1. The van der Waals surface area contributed by atoms with Crippen molar-refractivity contribution in [2.75, 3.05) is 13.2 Å². The maximum absolute atomic E-state index is 11.9. The number of rotatable bonds is 4. The Morgan fingerprint density at radius 3 is 2.94 bits per heavy atom. The molecule has 2 rings (SSSR count). The molecule has 0 bridgehead atoms. The lowest BCUT2D eigenvalue weighted by Gasteiger charge is -2.06. The molecule has 1 heterocycles. The van der Waals surface area contributed by atoms with Crippen LogP contribution in [0.2, 0.25) is 0 Å². The van der Waals surface area contributed by atoms with Gasteiger partial charge in [-0.25, -0.2) is 4.79 Å². The van der Waals surface area contributed by atoms with Crippen LogP contribution in [0.25, 0.3) is 10.9 Å². The van der Waals surface area contributed by atoms with Gasteiger partial charge in [-0.3, -0.25) is 4.79 Å². The van der Waals surface area contributed by atoms with Crippen molar-refractivity contribution in [3.8, 4) is 0 Å². The van der Waals surface area contributed by atoms with Crippen molar-refractivity contribution in [2.45, 2.75) is 0 Å². The monoisotopic (exact) mass is 247 g/mol. The number of ether oxygens (including phenoxy) is 1. The van der Waals surface area contributed by atoms with Crippen LogP contribution in [-0.2, 0) is 4.74 Å². The van der Waals surface area contributed by atoms with Crippen LogP contribution in [0, 0.1) is 0 Å². The molecule has 0 aliphatic carbocycles. The molecule has 0 saturated carbocycles. The third-order valence-corrected chi connectivity index (χ3v) is 2.46. The van der Waals surface area contributed by atoms with E-state index < -0.39 is 6.09 Å². The third-order valence-electron chi connectivity index (χ3n) is 2.46. The van der Waals surface area contributed by atoms with Gasteiger partial charge in [0.05, 0.1) is 17.6 Å². The molecule has 2 amide bonds. The SMILES string of the molecule is NC(=O)OCCNC(=O)c1cccc2cc[nH]c12. The van der Waals surface area contributed by atoms with Crippen molar-refractivity contribution in [3.05, 3.63) is 36.0 Å². The largest absolute Gasteiger partial charge is 0.448 e. The molecule has 0 spiro atoms. The summed E-state index contributed by atoms with van der Waals surface area (Å²) in [4.78, 5) is 25.2. The molecular weight excluding hydrogens is 234 g/mol. The number of H-pyrrole nitrogens is 1. The average molecular weight is 247 g/mol. The summed E-state index contributed by atoms with van der Waals surface area (Å²) in [6, 6.07) is 7.34. The highest BCUT2D eigenvalue weighted by Gasteiger charge is 2.09. The minimum atomic E-state index is -0.851. The number of fused-ring (bicyclic) bond motifs is 1. The number of carbonyl (C=O) groups is 2. The molecule has 0 atom stereocenters. The van der Waals surface area contributed by atoms with E-state index in [0.717, 1.165) is 10.9 Å². The van der Waals surface area contributed by atoms with Gasteiger partial charge in [0.25, 0.3) is 5.91 Å². The van der Waals surface area contributed by atoms with E-state index in [1.807, 2.05) is 18.2 Å². The van der Waals surface area contributed by atoms with Gasteiger partial charge in [-0.05, 0) is 12.1 Å². The minimum Gasteiger partial charge on any atom is -0.448 e. The minimum absolute atomic E-state index is 0.0573. The van der Waals surface area contributed by atoms with Gasteiger partial charge in [0.2, 0.25) is 0 Å². The highest BCUT2D eigenvalue weighted by atomic mass is 16.5. The summed E-state index contributed by atoms with van der Waals surface area (Å²) in [7, 11) is 0. The van der Waals surface area contributed by atoms with E-state index >= 15 is 0 Å². The van der Waals surface area contributed by atoms with Gasteiger partial charge >= 0.3 is 6.09 Å². The van der Waals surface area contributed by atoms with E-state index in [9.17, 15) is 9.59 Å². The quantitative estimate of drug-likeness (QED) is 0.703. The molecule has 0 unspecified atom stereocenters. The van der Waals surface area contributed by atoms with Crippen molar-refractivity contribution in [1.82, 2.24) is 10.3 Å². The van der Waals surface area contributed by atoms with Gasteiger partial charge < -0.3 is 20.8 Å². The Morgan fingerprint density at radius 1 is 1.33 bits per heavy atom. The van der Waals surface area contributed by atoms with Gasteiger partial charge in [0, 0.05) is 11.6 Å². The number of aromatic amines is 1. The Kier molecular flexibility index (Phi) is 3.47. The molecule has 0 aliphatic heterocycles. The van der Waals surface area contributed by atoms with Crippen molar-refractivity contribution < 1.29 is 14.3 Å². The number of hydrogen-bond acceptors (Lipinski definition) is 3. The molecule has 4 N–H and O–H groups in total. The summed E-state index contributed by atoms with van der Waals surface area (Å²) in [6.07, 6.45) is 0.924. The van der Waals surface area contributed by atoms with Crippen LogP contribution in [0.3, 0.4) is 0 Å². The number of nitrogens with one attached hydrogen (secondary N) is 2. The summed E-state index contributed by atoms with van der Waals surface area (Å²) in [5.41, 5.74) is 6.14. The van der Waals surface area contributed by atoms with Crippen molar-refractivity contribution in [1.29, 1.82) is 0 Å². The standard InChI is InChI=1S/C12H13N3O3/c13-12(17)18-7-6-15-11(16)9-3-1-2-8-4-5-14-10(8)9/h1-5,14H,6-7H2,(H2,13,17)(H,15,16). The molecule has 1 aromatic carbocycles. The second kappa shape index (κ2) is 5.22. The number of nitrogens with two attached hydrogens (primary N) is 1. The van der Waals surface area contributed by atoms with Crippen LogP contribution in [-0.4, -0.2) is 30.1 Å². The van der Waals surface area contributed by atoms with Gasteiger partial charge in [-0.2, -0.15) is 0 Å². The summed E-state index contributed by atoms with van der Waals surface area (Å²) in [5.74, 6) is -0.226. The first-order valence-electron chi connectivity index (χ1n) is 5.45. The van der Waals surface area contributed by atoms with E-state index in [0.29, 0.717) is 5.56 Å². The zero-order valence-electron chi connectivity index (χ0n) is 9.60. The maximum Gasteiger partial charge on any atom is 0.404 e. The fourth-order valence-electron chi connectivity index (χ4n) is 1.69. The number of carbonyl (C=O) groups excluding carboxylic acids is 2. The van der Waals surface area contributed by atoms with Crippen molar-refractivity contribution >= 4 is 22.9 Å².